The molecule has 0 amide bonds. The van der Waals surface area contributed by atoms with E-state index in [-0.39, 0.29) is 5.03 Å². The summed E-state index contributed by atoms with van der Waals surface area (Å²) in [4.78, 5) is 6.26. The van der Waals surface area contributed by atoms with Crippen molar-refractivity contribution < 1.29 is 8.42 Å². The van der Waals surface area contributed by atoms with E-state index in [1.54, 1.807) is 12.1 Å². The third kappa shape index (κ3) is 3.91. The zero-order valence-corrected chi connectivity index (χ0v) is 13.2. The number of nitrogen functional groups attached to an aromatic ring is 1. The van der Waals surface area contributed by atoms with Gasteiger partial charge in [-0.1, -0.05) is 0 Å². The average Bonchev–Trinajstić information content (AvgIpc) is 2.94. The summed E-state index contributed by atoms with van der Waals surface area (Å²) >= 11 is 0. The minimum absolute atomic E-state index is 0.0637. The predicted octanol–water partition coefficient (Wildman–Crippen LogP) is 0.376. The highest BCUT2D eigenvalue weighted by molar-refractivity contribution is 7.89. The van der Waals surface area contributed by atoms with Crippen molar-refractivity contribution in [3.63, 3.8) is 0 Å². The number of hydrogen-bond acceptors (Lipinski definition) is 6. The molecule has 1 atom stereocenters. The molecule has 1 saturated heterocycles. The van der Waals surface area contributed by atoms with E-state index >= 15 is 0 Å². The highest BCUT2D eigenvalue weighted by atomic mass is 32.2. The second-order valence-corrected chi connectivity index (χ2v) is 7.28. The zero-order valence-electron chi connectivity index (χ0n) is 12.4. The first kappa shape index (κ1) is 16.2. The molecule has 0 radical (unpaired) electrons. The molecular weight excluding hydrogens is 290 g/mol. The Balaban J connectivity index is 1.99. The molecule has 0 bridgehead atoms. The van der Waals surface area contributed by atoms with Crippen LogP contribution >= 0.6 is 0 Å². The van der Waals surface area contributed by atoms with Crippen molar-refractivity contribution in [2.75, 3.05) is 25.1 Å². The first-order chi connectivity index (χ1) is 9.94. The molecule has 1 aliphatic heterocycles. The summed E-state index contributed by atoms with van der Waals surface area (Å²) in [5.74, 6) is 5.66. The van der Waals surface area contributed by atoms with Gasteiger partial charge in [0.15, 0.2) is 5.03 Å². The average molecular weight is 313 g/mol. The molecule has 1 fully saturated rings. The zero-order chi connectivity index (χ0) is 15.5. The Hall–Kier alpha value is -1.22. The van der Waals surface area contributed by atoms with Crippen LogP contribution in [-0.4, -0.2) is 44.0 Å². The van der Waals surface area contributed by atoms with Gasteiger partial charge in [-0.2, -0.15) is 0 Å². The summed E-state index contributed by atoms with van der Waals surface area (Å²) in [5, 5.41) is -0.0637. The van der Waals surface area contributed by atoms with Gasteiger partial charge in [0.25, 0.3) is 10.0 Å². The van der Waals surface area contributed by atoms with Gasteiger partial charge in [-0.05, 0) is 44.9 Å². The number of hydrogen-bond donors (Lipinski definition) is 3. The molecule has 1 aliphatic rings. The fourth-order valence-electron chi connectivity index (χ4n) is 2.51. The number of nitrogens with zero attached hydrogens (tertiary/aromatic N) is 2. The lowest BCUT2D eigenvalue weighted by atomic mass is 10.1. The van der Waals surface area contributed by atoms with Gasteiger partial charge in [-0.15, -0.1) is 0 Å². The van der Waals surface area contributed by atoms with Crippen LogP contribution in [0.4, 0.5) is 5.69 Å². The van der Waals surface area contributed by atoms with Crippen LogP contribution in [0.3, 0.4) is 0 Å². The maximum atomic E-state index is 12.3. The lowest BCUT2D eigenvalue weighted by Crippen LogP contribution is -2.33. The SMILES string of the molecule is CC(C)N1CCC(CNS(=O)(=O)c2ncccc2NN)C1. The molecule has 8 heteroatoms. The van der Waals surface area contributed by atoms with Crippen molar-refractivity contribution in [1.29, 1.82) is 0 Å². The minimum Gasteiger partial charge on any atom is -0.321 e. The molecule has 1 aromatic rings. The maximum absolute atomic E-state index is 12.3. The number of sulfonamides is 1. The second kappa shape index (κ2) is 6.69. The normalized spacial score (nSPS) is 20.1. The minimum atomic E-state index is -3.65. The van der Waals surface area contributed by atoms with Crippen LogP contribution in [0.5, 0.6) is 0 Å². The van der Waals surface area contributed by atoms with Crippen LogP contribution in [-0.2, 0) is 10.0 Å². The molecule has 118 valence electrons. The van der Waals surface area contributed by atoms with Gasteiger partial charge >= 0.3 is 0 Å². The number of anilines is 1. The summed E-state index contributed by atoms with van der Waals surface area (Å²) in [7, 11) is -3.65. The Morgan fingerprint density at radius 3 is 2.90 bits per heavy atom. The van der Waals surface area contributed by atoms with Crippen LogP contribution in [0.15, 0.2) is 23.4 Å². The van der Waals surface area contributed by atoms with E-state index in [1.165, 1.54) is 6.20 Å². The highest BCUT2D eigenvalue weighted by Gasteiger charge is 2.27. The van der Waals surface area contributed by atoms with Gasteiger partial charge in [-0.25, -0.2) is 18.1 Å². The number of pyridine rings is 1. The summed E-state index contributed by atoms with van der Waals surface area (Å²) < 4.78 is 27.2. The van der Waals surface area contributed by atoms with Gasteiger partial charge in [0.05, 0.1) is 5.69 Å². The molecule has 1 unspecified atom stereocenters. The highest BCUT2D eigenvalue weighted by Crippen LogP contribution is 2.20. The number of rotatable bonds is 6. The quantitative estimate of drug-likeness (QED) is 0.518. The summed E-state index contributed by atoms with van der Waals surface area (Å²) in [6, 6.07) is 3.71. The molecule has 21 heavy (non-hydrogen) atoms. The largest absolute Gasteiger partial charge is 0.321 e. The van der Waals surface area contributed by atoms with Crippen molar-refractivity contribution in [2.24, 2.45) is 11.8 Å². The smallest absolute Gasteiger partial charge is 0.260 e. The first-order valence-electron chi connectivity index (χ1n) is 7.09. The van der Waals surface area contributed by atoms with E-state index in [0.717, 1.165) is 19.5 Å². The van der Waals surface area contributed by atoms with Crippen LogP contribution in [0.2, 0.25) is 0 Å². The predicted molar refractivity (Wildman–Crippen MR) is 82.1 cm³/mol. The molecule has 2 rings (SSSR count). The Labute approximate surface area is 125 Å². The van der Waals surface area contributed by atoms with E-state index < -0.39 is 10.0 Å². The van der Waals surface area contributed by atoms with E-state index in [9.17, 15) is 8.42 Å². The second-order valence-electron chi connectivity index (χ2n) is 5.60. The number of likely N-dealkylation sites (tertiary alicyclic amines) is 1. The number of nitrogens with one attached hydrogen (secondary N) is 2. The molecule has 0 aliphatic carbocycles. The van der Waals surface area contributed by atoms with Gasteiger partial charge in [0.1, 0.15) is 0 Å². The van der Waals surface area contributed by atoms with Crippen molar-refractivity contribution in [3.05, 3.63) is 18.3 Å². The fourth-order valence-corrected chi connectivity index (χ4v) is 3.72. The van der Waals surface area contributed by atoms with Gasteiger partial charge in [-0.3, -0.25) is 5.84 Å². The summed E-state index contributed by atoms with van der Waals surface area (Å²) in [5.41, 5.74) is 2.65. The fraction of sp³-hybridized carbons (Fsp3) is 0.615. The van der Waals surface area contributed by atoms with Crippen LogP contribution in [0.25, 0.3) is 0 Å². The number of aromatic nitrogens is 1. The monoisotopic (exact) mass is 313 g/mol. The van der Waals surface area contributed by atoms with E-state index in [0.29, 0.717) is 24.2 Å². The lowest BCUT2D eigenvalue weighted by Gasteiger charge is -2.20. The molecule has 1 aromatic heterocycles. The van der Waals surface area contributed by atoms with Crippen LogP contribution in [0.1, 0.15) is 20.3 Å². The van der Waals surface area contributed by atoms with E-state index in [1.807, 2.05) is 0 Å². The standard InChI is InChI=1S/C13H23N5O2S/c1-10(2)18-7-5-11(9-18)8-16-21(19,20)13-12(17-14)4-3-6-15-13/h3-4,6,10-11,16-17H,5,7-9,14H2,1-2H3. The van der Waals surface area contributed by atoms with Crippen molar-refractivity contribution in [1.82, 2.24) is 14.6 Å². The van der Waals surface area contributed by atoms with Crippen molar-refractivity contribution >= 4 is 15.7 Å². The molecule has 0 saturated carbocycles. The molecule has 4 N–H and O–H groups in total. The molecule has 0 spiro atoms. The number of nitrogens with two attached hydrogens (primary N) is 1. The molecular formula is C13H23N5O2S. The summed E-state index contributed by atoms with van der Waals surface area (Å²) in [6.07, 6.45) is 2.44. The Morgan fingerprint density at radius 1 is 1.52 bits per heavy atom. The lowest BCUT2D eigenvalue weighted by molar-refractivity contribution is 0.265. The Kier molecular flexibility index (Phi) is 5.15. The first-order valence-corrected chi connectivity index (χ1v) is 8.57. The molecule has 7 nitrogen and oxygen atoms in total. The van der Waals surface area contributed by atoms with E-state index in [4.69, 9.17) is 5.84 Å². The Morgan fingerprint density at radius 2 is 2.29 bits per heavy atom. The third-order valence-electron chi connectivity index (χ3n) is 3.79. The number of hydrazine groups is 1. The van der Waals surface area contributed by atoms with E-state index in [2.05, 4.69) is 33.9 Å². The summed E-state index contributed by atoms with van der Waals surface area (Å²) in [6.45, 7) is 6.67. The molecule has 2 heterocycles. The maximum Gasteiger partial charge on any atom is 0.260 e. The Bertz CT molecular complexity index is 576. The third-order valence-corrected chi connectivity index (χ3v) is 5.17. The van der Waals surface area contributed by atoms with Gasteiger partial charge in [0.2, 0.25) is 0 Å². The van der Waals surface area contributed by atoms with Gasteiger partial charge in [0, 0.05) is 25.3 Å². The van der Waals surface area contributed by atoms with Crippen molar-refractivity contribution in [3.8, 4) is 0 Å². The van der Waals surface area contributed by atoms with Crippen LogP contribution in [0, 0.1) is 5.92 Å². The van der Waals surface area contributed by atoms with Crippen LogP contribution < -0.4 is 16.0 Å². The van der Waals surface area contributed by atoms with Crippen molar-refractivity contribution in [2.45, 2.75) is 31.3 Å². The van der Waals surface area contributed by atoms with Gasteiger partial charge < -0.3 is 10.3 Å². The topological polar surface area (TPSA) is 100 Å². The molecule has 0 aromatic carbocycles.